The Morgan fingerprint density at radius 1 is 1.05 bits per heavy atom. The first-order valence-electron chi connectivity index (χ1n) is 7.85. The second kappa shape index (κ2) is 8.25. The molecular weight excluding hydrogens is 290 g/mol. The van der Waals surface area contributed by atoms with E-state index < -0.39 is 0 Å². The minimum atomic E-state index is 0. The maximum atomic E-state index is 6.41. The zero-order valence-corrected chi connectivity index (χ0v) is 14.1. The van der Waals surface area contributed by atoms with Crippen molar-refractivity contribution in [1.82, 2.24) is 5.32 Å². The Morgan fingerprint density at radius 3 is 2.64 bits per heavy atom. The number of hydrogen-bond acceptors (Lipinski definition) is 2. The van der Waals surface area contributed by atoms with E-state index in [9.17, 15) is 0 Å². The number of rotatable bonds is 6. The van der Waals surface area contributed by atoms with Gasteiger partial charge in [0.15, 0.2) is 0 Å². The van der Waals surface area contributed by atoms with E-state index in [1.54, 1.807) is 0 Å². The largest absolute Gasteiger partial charge is 0.485 e. The van der Waals surface area contributed by atoms with Crippen LogP contribution in [0.15, 0.2) is 48.5 Å². The zero-order chi connectivity index (χ0) is 14.5. The van der Waals surface area contributed by atoms with Gasteiger partial charge in [-0.15, -0.1) is 0 Å². The van der Waals surface area contributed by atoms with Crippen molar-refractivity contribution in [2.24, 2.45) is 0 Å². The van der Waals surface area contributed by atoms with Crippen LogP contribution in [0, 0.1) is 0 Å². The molecule has 0 heterocycles. The molecule has 1 aliphatic rings. The number of fused-ring (bicyclic) bond motifs is 1. The molecule has 2 nitrogen and oxygen atoms in total. The Kier molecular flexibility index (Phi) is 6.34. The van der Waals surface area contributed by atoms with Crippen LogP contribution in [0.4, 0.5) is 0 Å². The van der Waals surface area contributed by atoms with Crippen LogP contribution in [0.2, 0.25) is 0 Å². The topological polar surface area (TPSA) is 21.3 Å². The monoisotopic (exact) mass is 315 g/mol. The van der Waals surface area contributed by atoms with Crippen molar-refractivity contribution < 1.29 is 4.74 Å². The Morgan fingerprint density at radius 2 is 1.86 bits per heavy atom. The fraction of sp³-hybridized carbons (Fsp3) is 0.368. The molecule has 22 heavy (non-hydrogen) atoms. The first kappa shape index (κ1) is 16.9. The molecule has 0 spiro atoms. The molecule has 0 radical (unpaired) electrons. The van der Waals surface area contributed by atoms with Crippen molar-refractivity contribution in [1.29, 1.82) is 0 Å². The zero-order valence-electron chi connectivity index (χ0n) is 13.1. The molecule has 2 aromatic rings. The highest BCUT2D eigenvalue weighted by Gasteiger charge is 2.19. The fourth-order valence-corrected chi connectivity index (χ4v) is 3.09. The van der Waals surface area contributed by atoms with Gasteiger partial charge in [-0.25, -0.2) is 0 Å². The van der Waals surface area contributed by atoms with Gasteiger partial charge in [0.05, 0.1) is 0 Å². The summed E-state index contributed by atoms with van der Waals surface area (Å²) >= 11 is 0. The number of hydrogen-bond donors (Lipinski definition) is 1. The van der Waals surface area contributed by atoms with Crippen molar-refractivity contribution in [2.45, 2.75) is 31.8 Å². The van der Waals surface area contributed by atoms with Crippen LogP contribution in [0.1, 0.15) is 35.6 Å². The highest BCUT2D eigenvalue weighted by molar-refractivity contribution is 7.59. The van der Waals surface area contributed by atoms with Crippen LogP contribution in [0.5, 0.6) is 5.75 Å². The quantitative estimate of drug-likeness (QED) is 0.869. The molecule has 0 saturated carbocycles. The summed E-state index contributed by atoms with van der Waals surface area (Å²) < 4.78 is 6.41. The van der Waals surface area contributed by atoms with Crippen molar-refractivity contribution in [3.63, 3.8) is 0 Å². The number of aryl methyl sites for hydroxylation is 1. The smallest absolute Gasteiger partial charge is 0.125 e. The molecular formula is C19H25NOS. The summed E-state index contributed by atoms with van der Waals surface area (Å²) in [5.74, 6) is 1.08. The van der Waals surface area contributed by atoms with E-state index in [2.05, 4.69) is 53.8 Å². The third kappa shape index (κ3) is 3.84. The summed E-state index contributed by atoms with van der Waals surface area (Å²) in [4.78, 5) is 0. The van der Waals surface area contributed by atoms with E-state index in [0.29, 0.717) is 0 Å². The third-order valence-electron chi connectivity index (χ3n) is 4.20. The van der Waals surface area contributed by atoms with Gasteiger partial charge >= 0.3 is 0 Å². The molecule has 0 aromatic heterocycles. The average Bonchev–Trinajstić information content (AvgIpc) is 3.01. The van der Waals surface area contributed by atoms with Crippen molar-refractivity contribution in [3.05, 3.63) is 65.2 Å². The molecule has 0 bridgehead atoms. The lowest BCUT2D eigenvalue weighted by Crippen LogP contribution is -2.16. The maximum Gasteiger partial charge on any atom is 0.125 e. The summed E-state index contributed by atoms with van der Waals surface area (Å²) in [7, 11) is 1.99. The molecule has 2 aromatic carbocycles. The SMILES string of the molecule is CNCC[C@H](Oc1cccc2c1CCC2)c1ccccc1.S. The summed E-state index contributed by atoms with van der Waals surface area (Å²) in [5.41, 5.74) is 4.14. The lowest BCUT2D eigenvalue weighted by Gasteiger charge is -2.21. The number of ether oxygens (including phenoxy) is 1. The number of benzene rings is 2. The average molecular weight is 315 g/mol. The normalized spacial score (nSPS) is 14.0. The van der Waals surface area contributed by atoms with Crippen molar-refractivity contribution in [3.8, 4) is 5.75 Å². The van der Waals surface area contributed by atoms with E-state index in [-0.39, 0.29) is 19.6 Å². The lowest BCUT2D eigenvalue weighted by molar-refractivity contribution is 0.193. The molecule has 0 saturated heterocycles. The van der Waals surface area contributed by atoms with Crippen molar-refractivity contribution >= 4 is 13.5 Å². The minimum Gasteiger partial charge on any atom is -0.485 e. The minimum absolute atomic E-state index is 0. The van der Waals surface area contributed by atoms with Gasteiger partial charge < -0.3 is 10.1 Å². The third-order valence-corrected chi connectivity index (χ3v) is 4.20. The van der Waals surface area contributed by atoms with Gasteiger partial charge in [0.2, 0.25) is 0 Å². The van der Waals surface area contributed by atoms with Crippen molar-refractivity contribution in [2.75, 3.05) is 13.6 Å². The lowest BCUT2D eigenvalue weighted by atomic mass is 10.1. The van der Waals surface area contributed by atoms with Crippen LogP contribution in [-0.4, -0.2) is 13.6 Å². The molecule has 118 valence electrons. The van der Waals surface area contributed by atoms with Crippen LogP contribution in [0.3, 0.4) is 0 Å². The Balaban J connectivity index is 0.00000176. The summed E-state index contributed by atoms with van der Waals surface area (Å²) in [6.07, 6.45) is 4.69. The predicted molar refractivity (Wildman–Crippen MR) is 97.2 cm³/mol. The van der Waals surface area contributed by atoms with E-state index in [1.807, 2.05) is 7.05 Å². The maximum absolute atomic E-state index is 6.41. The fourth-order valence-electron chi connectivity index (χ4n) is 3.09. The van der Waals surface area contributed by atoms with E-state index in [0.717, 1.165) is 25.1 Å². The van der Waals surface area contributed by atoms with Crippen LogP contribution >= 0.6 is 13.5 Å². The second-order valence-corrected chi connectivity index (χ2v) is 5.66. The van der Waals surface area contributed by atoms with Gasteiger partial charge in [0, 0.05) is 6.42 Å². The van der Waals surface area contributed by atoms with Gasteiger partial charge in [-0.3, -0.25) is 0 Å². The molecule has 3 heteroatoms. The predicted octanol–water partition coefficient (Wildman–Crippen LogP) is 4.02. The van der Waals surface area contributed by atoms with Gasteiger partial charge in [0.1, 0.15) is 11.9 Å². The molecule has 1 N–H and O–H groups in total. The van der Waals surface area contributed by atoms with Gasteiger partial charge in [0.25, 0.3) is 0 Å². The van der Waals surface area contributed by atoms with E-state index >= 15 is 0 Å². The summed E-state index contributed by atoms with van der Waals surface area (Å²) in [6.45, 7) is 0.953. The molecule has 0 aliphatic heterocycles. The highest BCUT2D eigenvalue weighted by Crippen LogP contribution is 2.34. The molecule has 1 atom stereocenters. The first-order chi connectivity index (χ1) is 10.4. The Bertz CT molecular complexity index is 585. The Hall–Kier alpha value is -1.45. The summed E-state index contributed by atoms with van der Waals surface area (Å²) in [6, 6.07) is 17.0. The summed E-state index contributed by atoms with van der Waals surface area (Å²) in [5, 5.41) is 3.23. The molecule has 1 aliphatic carbocycles. The second-order valence-electron chi connectivity index (χ2n) is 5.66. The van der Waals surface area contributed by atoms with Crippen LogP contribution < -0.4 is 10.1 Å². The number of nitrogens with one attached hydrogen (secondary N) is 1. The van der Waals surface area contributed by atoms with Crippen LogP contribution in [0.25, 0.3) is 0 Å². The van der Waals surface area contributed by atoms with E-state index in [1.165, 1.54) is 29.5 Å². The Labute approximate surface area is 140 Å². The molecule has 0 amide bonds. The van der Waals surface area contributed by atoms with Gasteiger partial charge in [-0.2, -0.15) is 13.5 Å². The molecule has 0 unspecified atom stereocenters. The molecule has 0 fully saturated rings. The first-order valence-corrected chi connectivity index (χ1v) is 7.85. The van der Waals surface area contributed by atoms with Crippen LogP contribution in [-0.2, 0) is 12.8 Å². The van der Waals surface area contributed by atoms with Gasteiger partial charge in [-0.05, 0) is 55.6 Å². The highest BCUT2D eigenvalue weighted by atomic mass is 32.1. The molecule has 3 rings (SSSR count). The van der Waals surface area contributed by atoms with Gasteiger partial charge in [-0.1, -0.05) is 42.5 Å². The standard InChI is InChI=1S/C19H23NO.H2S/c1-20-14-13-18(16-7-3-2-4-8-16)21-19-12-6-10-15-9-5-11-17(15)19;/h2-4,6-8,10,12,18,20H,5,9,11,13-14H2,1H3;1H2/t18-;/m0./s1. The van der Waals surface area contributed by atoms with E-state index in [4.69, 9.17) is 4.74 Å².